The van der Waals surface area contributed by atoms with Gasteiger partial charge in [-0.1, -0.05) is 0 Å². The third kappa shape index (κ3) is 3.17. The minimum atomic E-state index is 0.286. The molecule has 4 unspecified atom stereocenters. The quantitative estimate of drug-likeness (QED) is 0.725. The summed E-state index contributed by atoms with van der Waals surface area (Å²) in [6.45, 7) is 4.60. The van der Waals surface area contributed by atoms with Crippen LogP contribution in [0.2, 0.25) is 0 Å². The van der Waals surface area contributed by atoms with E-state index >= 15 is 0 Å². The Morgan fingerprint density at radius 1 is 1.38 bits per heavy atom. The van der Waals surface area contributed by atoms with Gasteiger partial charge in [0, 0.05) is 25.7 Å². The maximum atomic E-state index is 5.85. The number of rotatable bonds is 5. The highest BCUT2D eigenvalue weighted by Crippen LogP contribution is 2.21. The van der Waals surface area contributed by atoms with E-state index < -0.39 is 0 Å². The Morgan fingerprint density at radius 3 is 2.81 bits per heavy atom. The van der Waals surface area contributed by atoms with Crippen molar-refractivity contribution >= 4 is 0 Å². The zero-order valence-electron chi connectivity index (χ0n) is 10.2. The molecule has 0 aliphatic carbocycles. The molecule has 0 amide bonds. The monoisotopic (exact) mass is 228 g/mol. The van der Waals surface area contributed by atoms with Gasteiger partial charge in [-0.25, -0.2) is 0 Å². The number of nitrogens with two attached hydrogens (primary N) is 1. The first-order valence-corrected chi connectivity index (χ1v) is 6.50. The molecule has 94 valence electrons. The molecule has 3 N–H and O–H groups in total. The van der Waals surface area contributed by atoms with Gasteiger partial charge in [0.1, 0.15) is 0 Å². The van der Waals surface area contributed by atoms with Crippen molar-refractivity contribution < 1.29 is 9.47 Å². The van der Waals surface area contributed by atoms with E-state index in [2.05, 4.69) is 12.2 Å². The molecule has 0 aromatic carbocycles. The summed E-state index contributed by atoms with van der Waals surface area (Å²) in [5.41, 5.74) is 5.80. The zero-order valence-corrected chi connectivity index (χ0v) is 10.2. The van der Waals surface area contributed by atoms with E-state index in [1.807, 2.05) is 0 Å². The molecule has 2 saturated heterocycles. The number of nitrogens with one attached hydrogen (secondary N) is 1. The molecule has 2 fully saturated rings. The Bertz CT molecular complexity index is 207. The van der Waals surface area contributed by atoms with E-state index in [0.717, 1.165) is 26.0 Å². The van der Waals surface area contributed by atoms with Crippen molar-refractivity contribution in [1.82, 2.24) is 5.32 Å². The highest BCUT2D eigenvalue weighted by atomic mass is 16.5. The third-order valence-corrected chi connectivity index (χ3v) is 3.60. The van der Waals surface area contributed by atoms with Crippen molar-refractivity contribution in [1.29, 1.82) is 0 Å². The van der Waals surface area contributed by atoms with Gasteiger partial charge in [-0.05, 0) is 32.6 Å². The second-order valence-electron chi connectivity index (χ2n) is 4.95. The van der Waals surface area contributed by atoms with E-state index in [-0.39, 0.29) is 6.04 Å². The molecule has 4 atom stereocenters. The van der Waals surface area contributed by atoms with Crippen molar-refractivity contribution in [2.75, 3.05) is 19.7 Å². The summed E-state index contributed by atoms with van der Waals surface area (Å²) in [7, 11) is 0. The van der Waals surface area contributed by atoms with Crippen LogP contribution in [-0.4, -0.2) is 44.1 Å². The van der Waals surface area contributed by atoms with Crippen molar-refractivity contribution in [3.8, 4) is 0 Å². The van der Waals surface area contributed by atoms with Gasteiger partial charge in [-0.15, -0.1) is 0 Å². The molecule has 2 heterocycles. The molecule has 2 aliphatic heterocycles. The summed E-state index contributed by atoms with van der Waals surface area (Å²) >= 11 is 0. The third-order valence-electron chi connectivity index (χ3n) is 3.60. The lowest BCUT2D eigenvalue weighted by atomic mass is 10.1. The Kier molecular flexibility index (Phi) is 4.58. The van der Waals surface area contributed by atoms with E-state index in [9.17, 15) is 0 Å². The van der Waals surface area contributed by atoms with Gasteiger partial charge >= 0.3 is 0 Å². The summed E-state index contributed by atoms with van der Waals surface area (Å²) in [6, 6.07) is 0.286. The summed E-state index contributed by atoms with van der Waals surface area (Å²) in [5.74, 6) is 0. The van der Waals surface area contributed by atoms with Crippen molar-refractivity contribution in [2.45, 2.75) is 57.0 Å². The molecule has 0 spiro atoms. The summed E-state index contributed by atoms with van der Waals surface area (Å²) < 4.78 is 11.4. The standard InChI is InChI=1S/C12H24N2O2/c1-9-4-5-12(16-9)11(7-13)14-8-10-3-2-6-15-10/h9-12,14H,2-8,13H2,1H3. The fourth-order valence-electron chi connectivity index (χ4n) is 2.58. The molecule has 16 heavy (non-hydrogen) atoms. The number of hydrogen-bond acceptors (Lipinski definition) is 4. The first-order valence-electron chi connectivity index (χ1n) is 6.50. The van der Waals surface area contributed by atoms with E-state index in [0.29, 0.717) is 24.9 Å². The van der Waals surface area contributed by atoms with Crippen molar-refractivity contribution in [3.05, 3.63) is 0 Å². The summed E-state index contributed by atoms with van der Waals surface area (Å²) in [6.07, 6.45) is 5.71. The molecule has 0 aromatic rings. The van der Waals surface area contributed by atoms with Gasteiger partial charge in [0.25, 0.3) is 0 Å². The van der Waals surface area contributed by atoms with Crippen LogP contribution in [0.4, 0.5) is 0 Å². The minimum Gasteiger partial charge on any atom is -0.377 e. The zero-order chi connectivity index (χ0) is 11.4. The van der Waals surface area contributed by atoms with Crippen LogP contribution < -0.4 is 11.1 Å². The Balaban J connectivity index is 1.72. The SMILES string of the molecule is CC1CCC(C(CN)NCC2CCCO2)O1. The molecule has 0 aromatic heterocycles. The van der Waals surface area contributed by atoms with Crippen LogP contribution >= 0.6 is 0 Å². The average molecular weight is 228 g/mol. The Morgan fingerprint density at radius 2 is 2.25 bits per heavy atom. The molecule has 4 nitrogen and oxygen atoms in total. The Hall–Kier alpha value is -0.160. The maximum absolute atomic E-state index is 5.85. The van der Waals surface area contributed by atoms with Gasteiger partial charge in [-0.3, -0.25) is 0 Å². The number of ether oxygens (including phenoxy) is 2. The van der Waals surface area contributed by atoms with Crippen molar-refractivity contribution in [3.63, 3.8) is 0 Å². The van der Waals surface area contributed by atoms with E-state index in [1.54, 1.807) is 0 Å². The molecule has 2 aliphatic rings. The molecule has 2 rings (SSSR count). The first kappa shape index (κ1) is 12.3. The van der Waals surface area contributed by atoms with Crippen LogP contribution in [0.25, 0.3) is 0 Å². The van der Waals surface area contributed by atoms with Crippen LogP contribution in [0, 0.1) is 0 Å². The first-order chi connectivity index (χ1) is 7.79. The fourth-order valence-corrected chi connectivity index (χ4v) is 2.58. The van der Waals surface area contributed by atoms with Crippen LogP contribution in [0.15, 0.2) is 0 Å². The molecular weight excluding hydrogens is 204 g/mol. The van der Waals surface area contributed by atoms with Crippen LogP contribution in [0.3, 0.4) is 0 Å². The maximum Gasteiger partial charge on any atom is 0.0744 e. The average Bonchev–Trinajstić information content (AvgIpc) is 2.91. The molecule has 0 saturated carbocycles. The van der Waals surface area contributed by atoms with Gasteiger partial charge in [-0.2, -0.15) is 0 Å². The van der Waals surface area contributed by atoms with Crippen LogP contribution in [0.5, 0.6) is 0 Å². The number of hydrogen-bond donors (Lipinski definition) is 2. The van der Waals surface area contributed by atoms with Gasteiger partial charge < -0.3 is 20.5 Å². The smallest absolute Gasteiger partial charge is 0.0744 e. The predicted octanol–water partition coefficient (Wildman–Crippen LogP) is 0.650. The lowest BCUT2D eigenvalue weighted by Crippen LogP contribution is -2.47. The topological polar surface area (TPSA) is 56.5 Å². The Labute approximate surface area is 97.9 Å². The summed E-state index contributed by atoms with van der Waals surface area (Å²) in [5, 5.41) is 3.50. The van der Waals surface area contributed by atoms with Gasteiger partial charge in [0.05, 0.1) is 18.3 Å². The second-order valence-corrected chi connectivity index (χ2v) is 4.95. The van der Waals surface area contributed by atoms with Gasteiger partial charge in [0.2, 0.25) is 0 Å². The van der Waals surface area contributed by atoms with Crippen molar-refractivity contribution in [2.24, 2.45) is 5.73 Å². The van der Waals surface area contributed by atoms with Gasteiger partial charge in [0.15, 0.2) is 0 Å². The predicted molar refractivity (Wildman–Crippen MR) is 63.4 cm³/mol. The molecule has 0 radical (unpaired) electrons. The minimum absolute atomic E-state index is 0.286. The fraction of sp³-hybridized carbons (Fsp3) is 1.00. The normalized spacial score (nSPS) is 36.8. The summed E-state index contributed by atoms with van der Waals surface area (Å²) in [4.78, 5) is 0. The second kappa shape index (κ2) is 5.96. The largest absolute Gasteiger partial charge is 0.377 e. The lowest BCUT2D eigenvalue weighted by Gasteiger charge is -2.24. The van der Waals surface area contributed by atoms with Crippen LogP contribution in [-0.2, 0) is 9.47 Å². The molecule has 4 heteroatoms. The van der Waals surface area contributed by atoms with E-state index in [1.165, 1.54) is 12.8 Å². The highest BCUT2D eigenvalue weighted by Gasteiger charge is 2.29. The van der Waals surface area contributed by atoms with Crippen LogP contribution in [0.1, 0.15) is 32.6 Å². The molecular formula is C12H24N2O2. The molecule has 0 bridgehead atoms. The lowest BCUT2D eigenvalue weighted by molar-refractivity contribution is 0.0288. The van der Waals surface area contributed by atoms with E-state index in [4.69, 9.17) is 15.2 Å². The highest BCUT2D eigenvalue weighted by molar-refractivity contribution is 4.84.